The lowest BCUT2D eigenvalue weighted by Crippen LogP contribution is -2.46. The predicted octanol–water partition coefficient (Wildman–Crippen LogP) is 4.36. The van der Waals surface area contributed by atoms with Crippen LogP contribution >= 0.6 is 0 Å². The lowest BCUT2D eigenvalue weighted by atomic mass is 10.1. The molecule has 0 amide bonds. The topological polar surface area (TPSA) is 82.1 Å². The van der Waals surface area contributed by atoms with Crippen molar-refractivity contribution in [1.29, 1.82) is 0 Å². The molecular weight excluding hydrogens is 412 g/mol. The Morgan fingerprint density at radius 3 is 2.55 bits per heavy atom. The van der Waals surface area contributed by atoms with E-state index in [4.69, 9.17) is 0 Å². The third-order valence-corrected chi connectivity index (χ3v) is 6.10. The van der Waals surface area contributed by atoms with Crippen LogP contribution in [0.25, 0.3) is 10.9 Å². The van der Waals surface area contributed by atoms with E-state index in [0.717, 1.165) is 60.6 Å². The van der Waals surface area contributed by atoms with Gasteiger partial charge in [0.15, 0.2) is 0 Å². The Balaban J connectivity index is 1.28. The highest BCUT2D eigenvalue weighted by atomic mass is 15.3. The Kier molecular flexibility index (Phi) is 5.99. The SMILES string of the molecule is CCN1CCN(c2ccc(Nc3nccc(Nc4cnnc5c(C)cccc45)n3)cc2)CC1. The molecule has 5 rings (SSSR count). The summed E-state index contributed by atoms with van der Waals surface area (Å²) < 4.78 is 0. The van der Waals surface area contributed by atoms with Crippen LogP contribution in [0.5, 0.6) is 0 Å². The lowest BCUT2D eigenvalue weighted by molar-refractivity contribution is 0.271. The average molecular weight is 441 g/mol. The second kappa shape index (κ2) is 9.38. The zero-order valence-electron chi connectivity index (χ0n) is 19.0. The highest BCUT2D eigenvalue weighted by Crippen LogP contribution is 2.26. The van der Waals surface area contributed by atoms with Gasteiger partial charge >= 0.3 is 0 Å². The number of fused-ring (bicyclic) bond motifs is 1. The van der Waals surface area contributed by atoms with E-state index in [2.05, 4.69) is 71.8 Å². The maximum Gasteiger partial charge on any atom is 0.229 e. The fraction of sp³-hybridized carbons (Fsp3) is 0.280. The molecule has 1 saturated heterocycles. The molecule has 8 heteroatoms. The van der Waals surface area contributed by atoms with Gasteiger partial charge in [-0.2, -0.15) is 15.2 Å². The summed E-state index contributed by atoms with van der Waals surface area (Å²) in [5.41, 5.74) is 5.03. The molecule has 1 aliphatic heterocycles. The van der Waals surface area contributed by atoms with Crippen molar-refractivity contribution in [3.8, 4) is 0 Å². The van der Waals surface area contributed by atoms with Crippen molar-refractivity contribution in [2.45, 2.75) is 13.8 Å². The van der Waals surface area contributed by atoms with E-state index in [0.29, 0.717) is 11.8 Å². The van der Waals surface area contributed by atoms with Crippen molar-refractivity contribution in [2.24, 2.45) is 0 Å². The number of hydrogen-bond donors (Lipinski definition) is 2. The number of rotatable bonds is 6. The molecule has 1 fully saturated rings. The largest absolute Gasteiger partial charge is 0.369 e. The molecule has 0 radical (unpaired) electrons. The molecule has 1 aliphatic rings. The number of likely N-dealkylation sites (N-methyl/N-ethyl adjacent to an activating group) is 1. The number of aryl methyl sites for hydroxylation is 1. The summed E-state index contributed by atoms with van der Waals surface area (Å²) in [6, 6.07) is 16.4. The molecule has 2 N–H and O–H groups in total. The van der Waals surface area contributed by atoms with Gasteiger partial charge < -0.3 is 20.4 Å². The molecule has 4 aromatic rings. The fourth-order valence-electron chi connectivity index (χ4n) is 4.16. The third-order valence-electron chi connectivity index (χ3n) is 6.10. The van der Waals surface area contributed by atoms with Crippen molar-refractivity contribution in [3.05, 3.63) is 66.5 Å². The van der Waals surface area contributed by atoms with Gasteiger partial charge in [0.25, 0.3) is 0 Å². The van der Waals surface area contributed by atoms with E-state index < -0.39 is 0 Å². The molecule has 2 aromatic carbocycles. The Labute approximate surface area is 193 Å². The van der Waals surface area contributed by atoms with Gasteiger partial charge in [-0.25, -0.2) is 4.98 Å². The van der Waals surface area contributed by atoms with Crippen LogP contribution in [0, 0.1) is 6.92 Å². The predicted molar refractivity (Wildman–Crippen MR) is 134 cm³/mol. The van der Waals surface area contributed by atoms with Gasteiger partial charge in [0.1, 0.15) is 5.82 Å². The zero-order valence-corrected chi connectivity index (χ0v) is 19.0. The number of aromatic nitrogens is 4. The van der Waals surface area contributed by atoms with Crippen LogP contribution in [0.3, 0.4) is 0 Å². The molecule has 3 heterocycles. The molecule has 0 unspecified atom stereocenters. The average Bonchev–Trinajstić information content (AvgIpc) is 2.86. The molecule has 0 spiro atoms. The van der Waals surface area contributed by atoms with E-state index in [1.165, 1.54) is 5.69 Å². The Hall–Kier alpha value is -3.78. The first-order valence-corrected chi connectivity index (χ1v) is 11.3. The van der Waals surface area contributed by atoms with Gasteiger partial charge in [-0.15, -0.1) is 0 Å². The molecule has 168 valence electrons. The summed E-state index contributed by atoms with van der Waals surface area (Å²) in [5, 5.41) is 16.1. The number of nitrogens with zero attached hydrogens (tertiary/aromatic N) is 6. The number of nitrogens with one attached hydrogen (secondary N) is 2. The van der Waals surface area contributed by atoms with Crippen molar-refractivity contribution in [3.63, 3.8) is 0 Å². The number of benzene rings is 2. The van der Waals surface area contributed by atoms with E-state index >= 15 is 0 Å². The van der Waals surface area contributed by atoms with Crippen molar-refractivity contribution in [1.82, 2.24) is 25.1 Å². The molecule has 0 bridgehead atoms. The van der Waals surface area contributed by atoms with Gasteiger partial charge in [0, 0.05) is 49.1 Å². The summed E-state index contributed by atoms with van der Waals surface area (Å²) in [6.45, 7) is 9.74. The van der Waals surface area contributed by atoms with Crippen LogP contribution in [-0.2, 0) is 0 Å². The summed E-state index contributed by atoms with van der Waals surface area (Å²) in [6.07, 6.45) is 3.46. The van der Waals surface area contributed by atoms with Crippen LogP contribution in [0.4, 0.5) is 28.8 Å². The van der Waals surface area contributed by atoms with Crippen LogP contribution in [-0.4, -0.2) is 57.8 Å². The second-order valence-corrected chi connectivity index (χ2v) is 8.21. The van der Waals surface area contributed by atoms with Gasteiger partial charge in [-0.05, 0) is 49.4 Å². The molecular formula is C25H28N8. The third kappa shape index (κ3) is 4.70. The highest BCUT2D eigenvalue weighted by molar-refractivity contribution is 5.93. The maximum atomic E-state index is 4.63. The molecule has 33 heavy (non-hydrogen) atoms. The smallest absolute Gasteiger partial charge is 0.229 e. The Bertz CT molecular complexity index is 1230. The van der Waals surface area contributed by atoms with Crippen molar-refractivity contribution >= 4 is 39.7 Å². The molecule has 8 nitrogen and oxygen atoms in total. The molecule has 2 aromatic heterocycles. The number of piperazine rings is 1. The Morgan fingerprint density at radius 1 is 0.939 bits per heavy atom. The molecule has 0 saturated carbocycles. The van der Waals surface area contributed by atoms with E-state index in [-0.39, 0.29) is 0 Å². The summed E-state index contributed by atoms with van der Waals surface area (Å²) in [7, 11) is 0. The fourth-order valence-corrected chi connectivity index (χ4v) is 4.16. The summed E-state index contributed by atoms with van der Waals surface area (Å²) in [5.74, 6) is 1.22. The first-order chi connectivity index (χ1) is 16.2. The minimum Gasteiger partial charge on any atom is -0.369 e. The lowest BCUT2D eigenvalue weighted by Gasteiger charge is -2.35. The first-order valence-electron chi connectivity index (χ1n) is 11.3. The minimum absolute atomic E-state index is 0.534. The van der Waals surface area contributed by atoms with Crippen LogP contribution in [0.15, 0.2) is 60.9 Å². The van der Waals surface area contributed by atoms with Crippen molar-refractivity contribution < 1.29 is 0 Å². The van der Waals surface area contributed by atoms with Gasteiger partial charge in [-0.1, -0.05) is 25.1 Å². The van der Waals surface area contributed by atoms with E-state index in [9.17, 15) is 0 Å². The highest BCUT2D eigenvalue weighted by Gasteiger charge is 2.15. The van der Waals surface area contributed by atoms with E-state index in [1.54, 1.807) is 12.4 Å². The maximum absolute atomic E-state index is 4.63. The van der Waals surface area contributed by atoms with Crippen LogP contribution < -0.4 is 15.5 Å². The van der Waals surface area contributed by atoms with Gasteiger partial charge in [0.05, 0.1) is 17.4 Å². The monoisotopic (exact) mass is 440 g/mol. The van der Waals surface area contributed by atoms with Gasteiger partial charge in [0.2, 0.25) is 5.95 Å². The van der Waals surface area contributed by atoms with Crippen LogP contribution in [0.2, 0.25) is 0 Å². The van der Waals surface area contributed by atoms with Gasteiger partial charge in [-0.3, -0.25) is 0 Å². The standard InChI is InChI=1S/C25H28N8/c1-3-32-13-15-33(16-14-32)20-9-7-19(8-10-20)28-25-26-12-11-23(30-25)29-22-17-27-31-24-18(2)5-4-6-21(22)24/h4-12,17H,3,13-16H2,1-2H3,(H2,26,28,29,30,31). The quantitative estimate of drug-likeness (QED) is 0.458. The van der Waals surface area contributed by atoms with Crippen molar-refractivity contribution in [2.75, 3.05) is 48.3 Å². The molecule has 0 atom stereocenters. The summed E-state index contributed by atoms with van der Waals surface area (Å²) >= 11 is 0. The number of hydrogen-bond acceptors (Lipinski definition) is 8. The zero-order chi connectivity index (χ0) is 22.6. The molecule has 0 aliphatic carbocycles. The Morgan fingerprint density at radius 2 is 1.76 bits per heavy atom. The first kappa shape index (κ1) is 21.1. The summed E-state index contributed by atoms with van der Waals surface area (Å²) in [4.78, 5) is 13.9. The second-order valence-electron chi connectivity index (χ2n) is 8.21. The van der Waals surface area contributed by atoms with E-state index in [1.807, 2.05) is 31.2 Å². The minimum atomic E-state index is 0.534. The van der Waals surface area contributed by atoms with Crippen LogP contribution in [0.1, 0.15) is 12.5 Å². The normalized spacial score (nSPS) is 14.4. The number of anilines is 5.